The van der Waals surface area contributed by atoms with Crippen molar-refractivity contribution in [3.63, 3.8) is 0 Å². The Morgan fingerprint density at radius 3 is 2.51 bits per heavy atom. The number of thiol groups is 1. The van der Waals surface area contributed by atoms with E-state index in [0.717, 1.165) is 4.57 Å². The van der Waals surface area contributed by atoms with Gasteiger partial charge >= 0.3 is 21.3 Å². The highest BCUT2D eigenvalue weighted by molar-refractivity contribution is 7.81. The van der Waals surface area contributed by atoms with E-state index < -0.39 is 82.3 Å². The van der Waals surface area contributed by atoms with Crippen LogP contribution < -0.4 is 11.2 Å². The van der Waals surface area contributed by atoms with Crippen LogP contribution in [-0.2, 0) is 32.0 Å². The molecule has 0 saturated carbocycles. The number of hydrogen-bond donors (Lipinski definition) is 7. The van der Waals surface area contributed by atoms with Crippen LogP contribution in [0.3, 0.4) is 0 Å². The molecule has 3 rings (SSSR count). The molecule has 0 aliphatic carbocycles. The van der Waals surface area contributed by atoms with Crippen molar-refractivity contribution < 1.29 is 57.1 Å². The summed E-state index contributed by atoms with van der Waals surface area (Å²) in [6.45, 7) is 0.165. The first kappa shape index (κ1) is 28.7. The Morgan fingerprint density at radius 1 is 1.17 bits per heavy atom. The van der Waals surface area contributed by atoms with Gasteiger partial charge in [-0.15, -0.1) is 0 Å². The van der Waals surface area contributed by atoms with Crippen LogP contribution in [0.5, 0.6) is 0 Å². The molecule has 5 unspecified atom stereocenters. The fourth-order valence-electron chi connectivity index (χ4n) is 3.45. The molecule has 200 valence electrons. The molecule has 6 N–H and O–H groups in total. The zero-order valence-corrected chi connectivity index (χ0v) is 20.8. The summed E-state index contributed by atoms with van der Waals surface area (Å²) >= 11 is 3.92. The molecule has 2 aliphatic heterocycles. The summed E-state index contributed by atoms with van der Waals surface area (Å²) in [5, 5.41) is 27.5. The quantitative estimate of drug-likeness (QED) is 0.134. The number of phosphoric acid groups is 2. The second-order valence-corrected chi connectivity index (χ2v) is 11.5. The molecule has 35 heavy (non-hydrogen) atoms. The fraction of sp³-hybridized carbons (Fsp3) is 0.750. The van der Waals surface area contributed by atoms with Crippen molar-refractivity contribution in [3.8, 4) is 0 Å². The standard InChI is InChI=1S/C16H26N2O14P2S/c1-7-4-18(16(23)17-14(7)22)10-3-2-8(29-10)6-28-33(24,25)32-34(26,27)31-15-13(35)12(21)11(20)9(5-19)30-15/h4,8-13,15,19-21,35H,2-3,5-6H2,1H3,(H,24,25)(H,26,27)(H,17,22,23)/t8-,9?,10+,11+,12?,13?,15+/m0/s1. The van der Waals surface area contributed by atoms with E-state index in [1.54, 1.807) is 0 Å². The Labute approximate surface area is 203 Å². The average Bonchev–Trinajstić information content (AvgIpc) is 3.23. The Hall–Kier alpha value is -0.910. The maximum atomic E-state index is 12.2. The zero-order valence-electron chi connectivity index (χ0n) is 18.1. The predicted molar refractivity (Wildman–Crippen MR) is 118 cm³/mol. The second-order valence-electron chi connectivity index (χ2n) is 7.89. The van der Waals surface area contributed by atoms with E-state index in [-0.39, 0.29) is 12.0 Å². The van der Waals surface area contributed by atoms with Crippen molar-refractivity contribution in [1.29, 1.82) is 0 Å². The average molecular weight is 564 g/mol. The van der Waals surface area contributed by atoms with E-state index in [4.69, 9.17) is 14.0 Å². The lowest BCUT2D eigenvalue weighted by molar-refractivity contribution is -0.228. The molecule has 0 bridgehead atoms. The van der Waals surface area contributed by atoms with Gasteiger partial charge in [0.15, 0.2) is 6.29 Å². The van der Waals surface area contributed by atoms with Crippen molar-refractivity contribution in [2.24, 2.45) is 0 Å². The smallest absolute Gasteiger partial charge is 0.394 e. The van der Waals surface area contributed by atoms with Crippen LogP contribution in [-0.4, -0.2) is 83.8 Å². The van der Waals surface area contributed by atoms with E-state index in [1.807, 2.05) is 0 Å². The number of H-pyrrole nitrogens is 1. The van der Waals surface area contributed by atoms with Gasteiger partial charge in [-0.3, -0.25) is 23.4 Å². The zero-order chi connectivity index (χ0) is 26.1. The monoisotopic (exact) mass is 564 g/mol. The van der Waals surface area contributed by atoms with Crippen LogP contribution in [0.2, 0.25) is 0 Å². The number of aromatic nitrogens is 2. The van der Waals surface area contributed by atoms with E-state index in [2.05, 4.69) is 26.4 Å². The molecule has 3 heterocycles. The van der Waals surface area contributed by atoms with E-state index in [1.165, 1.54) is 13.1 Å². The van der Waals surface area contributed by atoms with E-state index in [0.29, 0.717) is 6.42 Å². The summed E-state index contributed by atoms with van der Waals surface area (Å²) in [7, 11) is -10.5. The third-order valence-corrected chi connectivity index (χ3v) is 8.41. The molecule has 16 nitrogen and oxygen atoms in total. The van der Waals surface area contributed by atoms with Crippen molar-refractivity contribution in [2.75, 3.05) is 13.2 Å². The van der Waals surface area contributed by atoms with Gasteiger partial charge in [0.05, 0.1) is 30.7 Å². The van der Waals surface area contributed by atoms with E-state index >= 15 is 0 Å². The topological polar surface area (TPSA) is 236 Å². The van der Waals surface area contributed by atoms with Gasteiger partial charge in [0.2, 0.25) is 0 Å². The summed E-state index contributed by atoms with van der Waals surface area (Å²) in [5.74, 6) is 0. The number of aliphatic hydroxyl groups excluding tert-OH is 3. The van der Waals surface area contributed by atoms with Gasteiger partial charge in [-0.1, -0.05) is 0 Å². The highest BCUT2D eigenvalue weighted by Crippen LogP contribution is 2.61. The molecule has 0 aromatic carbocycles. The van der Waals surface area contributed by atoms with Crippen LogP contribution in [0.15, 0.2) is 15.8 Å². The number of aryl methyl sites for hydroxylation is 1. The lowest BCUT2D eigenvalue weighted by Gasteiger charge is -2.40. The maximum Gasteiger partial charge on any atom is 0.483 e. The molecule has 0 radical (unpaired) electrons. The number of rotatable bonds is 9. The Bertz CT molecular complexity index is 1110. The third kappa shape index (κ3) is 7.11. The molecule has 1 aromatic rings. The summed E-state index contributed by atoms with van der Waals surface area (Å²) < 4.78 is 49.8. The van der Waals surface area contributed by atoms with E-state index in [9.17, 15) is 43.8 Å². The minimum Gasteiger partial charge on any atom is -0.394 e. The van der Waals surface area contributed by atoms with Crippen LogP contribution >= 0.6 is 28.3 Å². The van der Waals surface area contributed by atoms with Crippen LogP contribution in [0.4, 0.5) is 0 Å². The molecule has 0 spiro atoms. The highest BCUT2D eigenvalue weighted by Gasteiger charge is 2.47. The van der Waals surface area contributed by atoms with Gasteiger partial charge in [0, 0.05) is 11.8 Å². The van der Waals surface area contributed by atoms with Gasteiger partial charge in [-0.05, 0) is 19.8 Å². The molecule has 9 atom stereocenters. The lowest BCUT2D eigenvalue weighted by atomic mass is 10.0. The highest BCUT2D eigenvalue weighted by atomic mass is 32.1. The first-order chi connectivity index (χ1) is 16.2. The maximum absolute atomic E-state index is 12.2. The number of ether oxygens (including phenoxy) is 2. The summed E-state index contributed by atoms with van der Waals surface area (Å²) in [6.07, 6.45) is -6.07. The Morgan fingerprint density at radius 2 is 1.86 bits per heavy atom. The minimum absolute atomic E-state index is 0.276. The van der Waals surface area contributed by atoms with Gasteiger partial charge in [0.1, 0.15) is 18.4 Å². The molecule has 2 aliphatic rings. The summed E-state index contributed by atoms with van der Waals surface area (Å²) in [6, 6.07) is 0. The van der Waals surface area contributed by atoms with Gasteiger partial charge in [0.25, 0.3) is 5.56 Å². The van der Waals surface area contributed by atoms with Crippen molar-refractivity contribution >= 4 is 28.3 Å². The number of nitrogens with zero attached hydrogens (tertiary/aromatic N) is 1. The first-order valence-electron chi connectivity index (χ1n) is 10.2. The predicted octanol–water partition coefficient (Wildman–Crippen LogP) is -1.49. The summed E-state index contributed by atoms with van der Waals surface area (Å²) in [4.78, 5) is 45.3. The van der Waals surface area contributed by atoms with Crippen LogP contribution in [0.1, 0.15) is 24.6 Å². The number of phosphoric ester groups is 2. The van der Waals surface area contributed by atoms with Gasteiger partial charge < -0.3 is 34.6 Å². The van der Waals surface area contributed by atoms with Gasteiger partial charge in [-0.2, -0.15) is 16.9 Å². The SMILES string of the molecule is Cc1cn([C@H]2CC[C@@H](COP(=O)(O)OP(=O)(O)O[C@H]3OC(CO)[C@@H](O)C(O)C3S)O2)c(=O)[nH]c1=O. The normalized spacial score (nSPS) is 34.9. The van der Waals surface area contributed by atoms with Crippen LogP contribution in [0, 0.1) is 6.92 Å². The largest absolute Gasteiger partial charge is 0.483 e. The molecule has 2 fully saturated rings. The molecular formula is C16H26N2O14P2S. The van der Waals surface area contributed by atoms with Crippen molar-refractivity contribution in [3.05, 3.63) is 32.6 Å². The number of aliphatic hydroxyl groups is 3. The minimum atomic E-state index is -5.35. The second kappa shape index (κ2) is 11.2. The first-order valence-corrected chi connectivity index (χ1v) is 13.7. The molecule has 0 amide bonds. The third-order valence-electron chi connectivity index (χ3n) is 5.26. The van der Waals surface area contributed by atoms with Crippen LogP contribution in [0.25, 0.3) is 0 Å². The molecule has 1 aromatic heterocycles. The Balaban J connectivity index is 1.55. The Kier molecular flexibility index (Phi) is 9.19. The van der Waals surface area contributed by atoms with Gasteiger partial charge in [-0.25, -0.2) is 13.9 Å². The molecule has 2 saturated heterocycles. The lowest BCUT2D eigenvalue weighted by Crippen LogP contribution is -2.57. The number of hydrogen-bond acceptors (Lipinski definition) is 13. The summed E-state index contributed by atoms with van der Waals surface area (Å²) in [5.41, 5.74) is -0.966. The van der Waals surface area contributed by atoms with Crippen molar-refractivity contribution in [2.45, 2.75) is 61.9 Å². The number of aromatic amines is 1. The molecule has 19 heteroatoms. The molecular weight excluding hydrogens is 538 g/mol. The van der Waals surface area contributed by atoms with Crippen molar-refractivity contribution in [1.82, 2.24) is 9.55 Å². The number of nitrogens with one attached hydrogen (secondary N) is 1. The fourth-order valence-corrected chi connectivity index (χ4v) is 6.04.